The van der Waals surface area contributed by atoms with Crippen molar-refractivity contribution in [2.45, 2.75) is 26.5 Å². The first-order valence-electron chi connectivity index (χ1n) is 11.5. The second-order valence-corrected chi connectivity index (χ2v) is 13.9. The van der Waals surface area contributed by atoms with E-state index >= 15 is 0 Å². The van der Waals surface area contributed by atoms with E-state index < -0.39 is 95.4 Å². The van der Waals surface area contributed by atoms with E-state index in [4.69, 9.17) is 5.73 Å². The lowest BCUT2D eigenvalue weighted by atomic mass is 10.1. The van der Waals surface area contributed by atoms with Crippen LogP contribution in [0.4, 0.5) is 28.4 Å². The van der Waals surface area contributed by atoms with E-state index in [1.165, 1.54) is 25.1 Å². The number of benzene rings is 4. The van der Waals surface area contributed by atoms with Crippen LogP contribution in [0.3, 0.4) is 0 Å². The summed E-state index contributed by atoms with van der Waals surface area (Å²) in [5, 5.41) is 24.9. The molecule has 0 aromatic heterocycles. The fraction of sp³-hybridized carbons (Fsp3) is 0.0435. The molecule has 0 saturated carbocycles. The number of azo groups is 2. The molecule has 0 bridgehead atoms. The monoisotopic (exact) mass is 684 g/mol. The quantitative estimate of drug-likeness (QED) is 0.0751. The number of nitrogens with two attached hydrogens (primary N) is 1. The van der Waals surface area contributed by atoms with Crippen molar-refractivity contribution in [1.29, 1.82) is 0 Å². The summed E-state index contributed by atoms with van der Waals surface area (Å²) >= 11 is -2.55. The van der Waals surface area contributed by atoms with Gasteiger partial charge in [-0.2, -0.15) is 30.4 Å². The number of aromatic hydroxyl groups is 1. The van der Waals surface area contributed by atoms with Crippen LogP contribution in [0.2, 0.25) is 0 Å². The van der Waals surface area contributed by atoms with Gasteiger partial charge in [-0.3, -0.25) is 17.9 Å². The Morgan fingerprint density at radius 1 is 0.727 bits per heavy atom. The zero-order valence-corrected chi connectivity index (χ0v) is 25.0. The van der Waals surface area contributed by atoms with Crippen molar-refractivity contribution in [3.05, 3.63) is 60.2 Å². The number of nitrogens with zero attached hydrogens (tertiary/aromatic N) is 4. The minimum absolute atomic E-state index is 0.00760. The summed E-state index contributed by atoms with van der Waals surface area (Å²) in [6.07, 6.45) is 0. The third kappa shape index (κ3) is 6.79. The molecule has 232 valence electrons. The lowest BCUT2D eigenvalue weighted by Gasteiger charge is -2.14. The fourth-order valence-electron chi connectivity index (χ4n) is 3.86. The number of phenolic OH excluding ortho intramolecular Hbond substituents is 1. The number of hydrogen-bond acceptors (Lipinski definition) is 14. The van der Waals surface area contributed by atoms with Crippen LogP contribution < -0.4 is 5.73 Å². The summed E-state index contributed by atoms with van der Waals surface area (Å²) in [5.41, 5.74) is 3.69. The van der Waals surface area contributed by atoms with E-state index in [1.54, 1.807) is 0 Å². The van der Waals surface area contributed by atoms with Gasteiger partial charge >= 0.3 is 0 Å². The Bertz CT molecular complexity index is 2250. The van der Waals surface area contributed by atoms with Crippen LogP contribution in [0, 0.1) is 6.92 Å². The predicted octanol–water partition coefficient (Wildman–Crippen LogP) is 4.24. The van der Waals surface area contributed by atoms with Crippen molar-refractivity contribution in [2.75, 3.05) is 5.73 Å². The van der Waals surface area contributed by atoms with Crippen LogP contribution in [0.1, 0.15) is 5.56 Å². The van der Waals surface area contributed by atoms with Crippen LogP contribution in [-0.2, 0) is 41.4 Å². The van der Waals surface area contributed by atoms with Gasteiger partial charge in [0.05, 0.1) is 16.8 Å². The topological polar surface area (TPSA) is 299 Å². The lowest BCUT2D eigenvalue weighted by molar-refractivity contribution is 0.472. The maximum Gasteiger partial charge on any atom is 0.296 e. The van der Waals surface area contributed by atoms with Gasteiger partial charge in [0.15, 0.2) is 5.75 Å². The molecule has 0 radical (unpaired) electrons. The first kappa shape index (κ1) is 32.7. The average molecular weight is 685 g/mol. The Morgan fingerprint density at radius 2 is 1.25 bits per heavy atom. The highest BCUT2D eigenvalue weighted by molar-refractivity contribution is 7.86. The second-order valence-electron chi connectivity index (χ2n) is 8.83. The van der Waals surface area contributed by atoms with Gasteiger partial charge in [-0.15, -0.1) is 15.3 Å². The molecule has 0 saturated heterocycles. The molecular weight excluding hydrogens is 667 g/mol. The molecule has 6 N–H and O–H groups in total. The number of nitrogen functional groups attached to an aromatic ring is 1. The standard InChI is InChI=1S/C23H19N5O12S4/c1-11-2-7-16(42(32,33)34)15(8-11)26-28-22-18(44(38,39)40)10-12-9-17(43(35,36)37)21(20(24)19(12)23(22)29)27-25-13-3-5-14(6-4-13)41(30)31/h2-10,29H,24H2,1H3,(H,30,31)(H,32,33,34)(H,35,36,37)(H,38,39,40)/p-1. The van der Waals surface area contributed by atoms with E-state index in [0.717, 1.165) is 24.3 Å². The maximum atomic E-state index is 12.2. The maximum absolute atomic E-state index is 12.2. The molecule has 0 amide bonds. The van der Waals surface area contributed by atoms with Gasteiger partial charge in [-0.1, -0.05) is 6.07 Å². The van der Waals surface area contributed by atoms with Crippen molar-refractivity contribution < 1.29 is 52.8 Å². The molecule has 21 heteroatoms. The largest absolute Gasteiger partial charge is 0.768 e. The molecule has 4 aromatic carbocycles. The number of aryl methyl sites for hydroxylation is 1. The molecule has 44 heavy (non-hydrogen) atoms. The van der Waals surface area contributed by atoms with Gasteiger partial charge < -0.3 is 15.4 Å². The Kier molecular flexibility index (Phi) is 8.69. The number of anilines is 1. The smallest absolute Gasteiger partial charge is 0.296 e. The van der Waals surface area contributed by atoms with Crippen molar-refractivity contribution >= 4 is 80.6 Å². The first-order chi connectivity index (χ1) is 20.3. The zero-order valence-electron chi connectivity index (χ0n) is 21.8. The Labute approximate surface area is 251 Å². The average Bonchev–Trinajstić information content (AvgIpc) is 2.90. The first-order valence-corrected chi connectivity index (χ1v) is 16.9. The highest BCUT2D eigenvalue weighted by Crippen LogP contribution is 2.48. The summed E-state index contributed by atoms with van der Waals surface area (Å²) < 4.78 is 124. The van der Waals surface area contributed by atoms with E-state index in [1.807, 2.05) is 0 Å². The van der Waals surface area contributed by atoms with Crippen molar-refractivity contribution in [1.82, 2.24) is 0 Å². The van der Waals surface area contributed by atoms with Crippen LogP contribution >= 0.6 is 0 Å². The zero-order chi connectivity index (χ0) is 32.8. The summed E-state index contributed by atoms with van der Waals surface area (Å²) in [6.45, 7) is 1.53. The number of fused-ring (bicyclic) bond motifs is 1. The molecular formula is C23H18N5O12S4-. The summed E-state index contributed by atoms with van der Waals surface area (Å²) in [6, 6.07) is 9.52. The minimum atomic E-state index is -5.25. The highest BCUT2D eigenvalue weighted by Gasteiger charge is 2.28. The molecule has 4 rings (SSSR count). The fourth-order valence-corrected chi connectivity index (χ4v) is 6.15. The molecule has 0 aliphatic rings. The van der Waals surface area contributed by atoms with Crippen LogP contribution in [0.15, 0.2) is 94.6 Å². The molecule has 1 unspecified atom stereocenters. The third-order valence-electron chi connectivity index (χ3n) is 5.81. The van der Waals surface area contributed by atoms with Crippen molar-refractivity contribution in [2.24, 2.45) is 20.5 Å². The van der Waals surface area contributed by atoms with E-state index in [0.29, 0.717) is 17.7 Å². The van der Waals surface area contributed by atoms with Crippen molar-refractivity contribution in [3.8, 4) is 5.75 Å². The highest BCUT2D eigenvalue weighted by atomic mass is 32.2. The van der Waals surface area contributed by atoms with Gasteiger partial charge in [-0.25, -0.2) is 0 Å². The lowest BCUT2D eigenvalue weighted by Crippen LogP contribution is -2.03. The molecule has 17 nitrogen and oxygen atoms in total. The van der Waals surface area contributed by atoms with Gasteiger partial charge in [0.25, 0.3) is 30.4 Å². The number of rotatable bonds is 8. The van der Waals surface area contributed by atoms with Gasteiger partial charge in [0.1, 0.15) is 31.7 Å². The van der Waals surface area contributed by atoms with Gasteiger partial charge in [0, 0.05) is 4.90 Å². The Morgan fingerprint density at radius 3 is 1.77 bits per heavy atom. The van der Waals surface area contributed by atoms with Crippen LogP contribution in [0.5, 0.6) is 5.75 Å². The van der Waals surface area contributed by atoms with E-state index in [9.17, 15) is 52.8 Å². The van der Waals surface area contributed by atoms with E-state index in [-0.39, 0.29) is 10.6 Å². The van der Waals surface area contributed by atoms with E-state index in [2.05, 4.69) is 20.5 Å². The van der Waals surface area contributed by atoms with Crippen molar-refractivity contribution in [3.63, 3.8) is 0 Å². The molecule has 0 aliphatic carbocycles. The Hall–Kier alpha value is -4.22. The molecule has 1 atom stereocenters. The third-order valence-corrected chi connectivity index (χ3v) is 9.11. The summed E-state index contributed by atoms with van der Waals surface area (Å²) in [4.78, 5) is -2.94. The number of phenols is 1. The minimum Gasteiger partial charge on any atom is -0.768 e. The summed E-state index contributed by atoms with van der Waals surface area (Å²) in [5.74, 6) is -1.10. The second kappa shape index (κ2) is 11.7. The SMILES string of the molecule is Cc1ccc(S(=O)(=O)O)c(N=Nc2c(S(=O)(=O)O)cc3cc(S(=O)(=O)O)c(N=Nc4ccc(S(=O)[O-])cc4)c(N)c3c2O)c1. The van der Waals surface area contributed by atoms with Gasteiger partial charge in [0.2, 0.25) is 0 Å². The Balaban J connectivity index is 2.02. The normalized spacial score (nSPS) is 13.7. The van der Waals surface area contributed by atoms with Crippen LogP contribution in [-0.4, -0.2) is 52.8 Å². The predicted molar refractivity (Wildman–Crippen MR) is 153 cm³/mol. The number of hydrogen-bond donors (Lipinski definition) is 5. The van der Waals surface area contributed by atoms with Crippen LogP contribution in [0.25, 0.3) is 10.8 Å². The molecule has 0 aliphatic heterocycles. The molecule has 4 aromatic rings. The molecule has 0 spiro atoms. The molecule has 0 heterocycles. The van der Waals surface area contributed by atoms with Gasteiger partial charge in [-0.05, 0) is 77.5 Å². The summed E-state index contributed by atoms with van der Waals surface area (Å²) in [7, 11) is -15.2. The molecule has 0 fully saturated rings.